The smallest absolute Gasteiger partial charge is 0.329 e. The van der Waals surface area contributed by atoms with Crippen molar-refractivity contribution in [1.82, 2.24) is 5.32 Å². The van der Waals surface area contributed by atoms with Crippen LogP contribution < -0.4 is 5.32 Å². The maximum absolute atomic E-state index is 12.3. The fourth-order valence-corrected chi connectivity index (χ4v) is 2.52. The molecule has 1 rings (SSSR count). The minimum atomic E-state index is -1.14. The first-order chi connectivity index (χ1) is 8.93. The highest BCUT2D eigenvalue weighted by Crippen LogP contribution is 2.24. The second kappa shape index (κ2) is 6.89. The van der Waals surface area contributed by atoms with Crippen molar-refractivity contribution in [3.05, 3.63) is 0 Å². The van der Waals surface area contributed by atoms with Crippen LogP contribution in [0.4, 0.5) is 0 Å². The second-order valence-corrected chi connectivity index (χ2v) is 5.63. The van der Waals surface area contributed by atoms with E-state index in [0.717, 1.165) is 12.8 Å². The summed E-state index contributed by atoms with van der Waals surface area (Å²) >= 11 is 0. The first kappa shape index (κ1) is 16.0. The van der Waals surface area contributed by atoms with Gasteiger partial charge in [0.2, 0.25) is 5.91 Å². The Morgan fingerprint density at radius 2 is 1.89 bits per heavy atom. The van der Waals surface area contributed by atoms with E-state index in [9.17, 15) is 14.7 Å². The minimum absolute atomic E-state index is 0.121. The summed E-state index contributed by atoms with van der Waals surface area (Å²) in [6.07, 6.45) is 2.38. The molecule has 1 saturated heterocycles. The normalized spacial score (nSPS) is 20.0. The minimum Gasteiger partial charge on any atom is -0.480 e. The molecule has 1 aliphatic heterocycles. The number of aliphatic carboxylic acids is 1. The van der Waals surface area contributed by atoms with E-state index in [1.54, 1.807) is 0 Å². The van der Waals surface area contributed by atoms with Crippen LogP contribution in [0, 0.1) is 11.8 Å². The Hall–Kier alpha value is -1.10. The van der Waals surface area contributed by atoms with Crippen molar-refractivity contribution in [2.24, 2.45) is 11.8 Å². The number of carboxylic acids is 1. The molecule has 0 aromatic carbocycles. The molecular weight excluding hydrogens is 246 g/mol. The van der Waals surface area contributed by atoms with Gasteiger partial charge in [0.15, 0.2) is 0 Å². The molecule has 0 radical (unpaired) electrons. The van der Waals surface area contributed by atoms with Gasteiger partial charge in [-0.2, -0.15) is 0 Å². The van der Waals surface area contributed by atoms with Gasteiger partial charge >= 0.3 is 5.97 Å². The molecule has 1 amide bonds. The van der Waals surface area contributed by atoms with E-state index >= 15 is 0 Å². The third-order valence-electron chi connectivity index (χ3n) is 3.86. The molecule has 0 aromatic heterocycles. The van der Waals surface area contributed by atoms with Crippen LogP contribution in [-0.4, -0.2) is 35.7 Å². The van der Waals surface area contributed by atoms with Crippen molar-refractivity contribution in [3.8, 4) is 0 Å². The van der Waals surface area contributed by atoms with E-state index < -0.39 is 11.5 Å². The van der Waals surface area contributed by atoms with Gasteiger partial charge in [-0.3, -0.25) is 4.79 Å². The predicted molar refractivity (Wildman–Crippen MR) is 71.8 cm³/mol. The molecule has 1 atom stereocenters. The monoisotopic (exact) mass is 271 g/mol. The number of nitrogens with one attached hydrogen (secondary N) is 1. The molecule has 0 spiro atoms. The molecule has 19 heavy (non-hydrogen) atoms. The SMILES string of the molecule is CCCC(C(=O)NC1(C(=O)O)CCOCC1)C(C)C. The van der Waals surface area contributed by atoms with Crippen LogP contribution in [-0.2, 0) is 14.3 Å². The van der Waals surface area contributed by atoms with E-state index in [4.69, 9.17) is 4.74 Å². The van der Waals surface area contributed by atoms with Crippen molar-refractivity contribution in [1.29, 1.82) is 0 Å². The highest BCUT2D eigenvalue weighted by molar-refractivity contribution is 5.88. The average molecular weight is 271 g/mol. The van der Waals surface area contributed by atoms with Gasteiger partial charge in [0.05, 0.1) is 0 Å². The Labute approximate surface area is 114 Å². The van der Waals surface area contributed by atoms with Crippen LogP contribution in [0.15, 0.2) is 0 Å². The van der Waals surface area contributed by atoms with Gasteiger partial charge in [-0.15, -0.1) is 0 Å². The fourth-order valence-electron chi connectivity index (χ4n) is 2.52. The van der Waals surface area contributed by atoms with Crippen molar-refractivity contribution in [3.63, 3.8) is 0 Å². The predicted octanol–water partition coefficient (Wildman–Crippen LogP) is 1.81. The van der Waals surface area contributed by atoms with Gasteiger partial charge in [-0.1, -0.05) is 27.2 Å². The number of carbonyl (C=O) groups excluding carboxylic acids is 1. The molecule has 0 aromatic rings. The molecule has 0 bridgehead atoms. The summed E-state index contributed by atoms with van der Waals surface area (Å²) in [6.45, 7) is 6.79. The lowest BCUT2D eigenvalue weighted by molar-refractivity contribution is -0.153. The molecule has 1 heterocycles. The van der Waals surface area contributed by atoms with Crippen LogP contribution in [0.1, 0.15) is 46.5 Å². The summed E-state index contributed by atoms with van der Waals surface area (Å²) in [4.78, 5) is 23.8. The molecule has 0 aliphatic carbocycles. The fraction of sp³-hybridized carbons (Fsp3) is 0.857. The van der Waals surface area contributed by atoms with Gasteiger partial charge in [0.25, 0.3) is 0 Å². The highest BCUT2D eigenvalue weighted by atomic mass is 16.5. The standard InChI is InChI=1S/C14H25NO4/c1-4-5-11(10(2)3)12(16)15-14(13(17)18)6-8-19-9-7-14/h10-11H,4-9H2,1-3H3,(H,15,16)(H,17,18). The maximum atomic E-state index is 12.3. The zero-order valence-electron chi connectivity index (χ0n) is 12.1. The van der Waals surface area contributed by atoms with Crippen LogP contribution in [0.5, 0.6) is 0 Å². The maximum Gasteiger partial charge on any atom is 0.329 e. The number of rotatable bonds is 6. The van der Waals surface area contributed by atoms with Gasteiger partial charge < -0.3 is 15.2 Å². The summed E-state index contributed by atoms with van der Waals surface area (Å²) in [5, 5.41) is 12.2. The third kappa shape index (κ3) is 3.93. The zero-order chi connectivity index (χ0) is 14.5. The summed E-state index contributed by atoms with van der Waals surface area (Å²) in [5.74, 6) is -1.00. The van der Waals surface area contributed by atoms with Crippen LogP contribution in [0.3, 0.4) is 0 Å². The zero-order valence-corrected chi connectivity index (χ0v) is 12.1. The molecule has 110 valence electrons. The molecule has 5 nitrogen and oxygen atoms in total. The van der Waals surface area contributed by atoms with Crippen molar-refractivity contribution in [2.45, 2.75) is 52.0 Å². The number of ether oxygens (including phenoxy) is 1. The highest BCUT2D eigenvalue weighted by Gasteiger charge is 2.42. The van der Waals surface area contributed by atoms with Crippen molar-refractivity contribution in [2.75, 3.05) is 13.2 Å². The van der Waals surface area contributed by atoms with Gasteiger partial charge in [0, 0.05) is 32.0 Å². The molecule has 1 unspecified atom stereocenters. The topological polar surface area (TPSA) is 75.6 Å². The number of carbonyl (C=O) groups is 2. The Balaban J connectivity index is 2.78. The van der Waals surface area contributed by atoms with E-state index in [-0.39, 0.29) is 17.7 Å². The Morgan fingerprint density at radius 1 is 1.32 bits per heavy atom. The number of carboxylic acid groups (broad SMARTS) is 1. The van der Waals surface area contributed by atoms with Gasteiger partial charge in [0.1, 0.15) is 5.54 Å². The lowest BCUT2D eigenvalue weighted by atomic mass is 9.86. The first-order valence-corrected chi connectivity index (χ1v) is 7.06. The summed E-state index contributed by atoms with van der Waals surface area (Å²) < 4.78 is 5.20. The third-order valence-corrected chi connectivity index (χ3v) is 3.86. The van der Waals surface area contributed by atoms with Crippen molar-refractivity contribution >= 4 is 11.9 Å². The molecule has 1 aliphatic rings. The molecule has 1 fully saturated rings. The summed E-state index contributed by atoms with van der Waals surface area (Å²) in [5.41, 5.74) is -1.14. The lowest BCUT2D eigenvalue weighted by Crippen LogP contribution is -2.59. The molecular formula is C14H25NO4. The van der Waals surface area contributed by atoms with Crippen LogP contribution in [0.25, 0.3) is 0 Å². The van der Waals surface area contributed by atoms with Gasteiger partial charge in [-0.05, 0) is 12.3 Å². The number of hydrogen-bond donors (Lipinski definition) is 2. The first-order valence-electron chi connectivity index (χ1n) is 7.06. The molecule has 0 saturated carbocycles. The summed E-state index contributed by atoms with van der Waals surface area (Å²) in [6, 6.07) is 0. The Morgan fingerprint density at radius 3 is 2.32 bits per heavy atom. The Bertz CT molecular complexity index is 321. The molecule has 2 N–H and O–H groups in total. The van der Waals surface area contributed by atoms with E-state index in [1.165, 1.54) is 0 Å². The van der Waals surface area contributed by atoms with Crippen LogP contribution in [0.2, 0.25) is 0 Å². The van der Waals surface area contributed by atoms with E-state index in [2.05, 4.69) is 5.32 Å². The largest absolute Gasteiger partial charge is 0.480 e. The van der Waals surface area contributed by atoms with Crippen molar-refractivity contribution < 1.29 is 19.4 Å². The Kier molecular flexibility index (Phi) is 5.79. The van der Waals surface area contributed by atoms with Crippen LogP contribution >= 0.6 is 0 Å². The number of amides is 1. The number of hydrogen-bond acceptors (Lipinski definition) is 3. The quantitative estimate of drug-likeness (QED) is 0.772. The summed E-state index contributed by atoms with van der Waals surface area (Å²) in [7, 11) is 0. The van der Waals surface area contributed by atoms with Gasteiger partial charge in [-0.25, -0.2) is 4.79 Å². The van der Waals surface area contributed by atoms with E-state index in [1.807, 2.05) is 20.8 Å². The lowest BCUT2D eigenvalue weighted by Gasteiger charge is -2.35. The second-order valence-electron chi connectivity index (χ2n) is 5.63. The van der Waals surface area contributed by atoms with E-state index in [0.29, 0.717) is 26.1 Å². The average Bonchev–Trinajstić information content (AvgIpc) is 2.36. The molecule has 5 heteroatoms.